The summed E-state index contributed by atoms with van der Waals surface area (Å²) >= 11 is 0. The highest BCUT2D eigenvalue weighted by Gasteiger charge is 2.43. The van der Waals surface area contributed by atoms with Crippen LogP contribution in [0.5, 0.6) is 0 Å². The van der Waals surface area contributed by atoms with E-state index in [1.165, 1.54) is 5.56 Å². The Balaban J connectivity index is 1.47. The van der Waals surface area contributed by atoms with Crippen molar-refractivity contribution in [1.29, 1.82) is 0 Å². The molecular weight excluding hydrogens is 380 g/mol. The molecule has 154 valence electrons. The zero-order valence-electron chi connectivity index (χ0n) is 16.8. The van der Waals surface area contributed by atoms with Gasteiger partial charge in [-0.25, -0.2) is 4.79 Å². The number of rotatable bonds is 7. The van der Waals surface area contributed by atoms with Gasteiger partial charge in [-0.2, -0.15) is 0 Å². The van der Waals surface area contributed by atoms with Gasteiger partial charge in [0.1, 0.15) is 11.3 Å². The van der Waals surface area contributed by atoms with Crippen molar-refractivity contribution in [3.63, 3.8) is 0 Å². The average Bonchev–Trinajstić information content (AvgIpc) is 3.46. The number of oxime groups is 1. The van der Waals surface area contributed by atoms with E-state index in [9.17, 15) is 4.79 Å². The van der Waals surface area contributed by atoms with Crippen LogP contribution in [0.3, 0.4) is 0 Å². The summed E-state index contributed by atoms with van der Waals surface area (Å²) in [6.45, 7) is 1.99. The van der Waals surface area contributed by atoms with Crippen molar-refractivity contribution in [3.05, 3.63) is 95.9 Å². The maximum Gasteiger partial charge on any atom is 0.408 e. The summed E-state index contributed by atoms with van der Waals surface area (Å²) in [5, 5.41) is 7.30. The van der Waals surface area contributed by atoms with Gasteiger partial charge in [0.25, 0.3) is 0 Å². The van der Waals surface area contributed by atoms with Crippen LogP contribution in [0.1, 0.15) is 30.2 Å². The SMILES string of the molecule is CC(NC(=O)OCc1ccco1)(c1ccccc1)C1CC(Cc2ccccc2)=NO1. The van der Waals surface area contributed by atoms with Crippen LogP contribution in [-0.2, 0) is 28.1 Å². The van der Waals surface area contributed by atoms with E-state index < -0.39 is 11.6 Å². The smallest absolute Gasteiger partial charge is 0.408 e. The van der Waals surface area contributed by atoms with E-state index in [2.05, 4.69) is 22.6 Å². The number of hydrogen-bond donors (Lipinski definition) is 1. The second kappa shape index (κ2) is 8.86. The lowest BCUT2D eigenvalue weighted by Crippen LogP contribution is -2.52. The van der Waals surface area contributed by atoms with Crippen LogP contribution in [0, 0.1) is 0 Å². The largest absolute Gasteiger partial charge is 0.466 e. The highest BCUT2D eigenvalue weighted by Crippen LogP contribution is 2.33. The molecule has 1 amide bonds. The molecule has 2 unspecified atom stereocenters. The number of carbonyl (C=O) groups is 1. The molecule has 6 nitrogen and oxygen atoms in total. The van der Waals surface area contributed by atoms with Gasteiger partial charge in [-0.05, 0) is 30.2 Å². The van der Waals surface area contributed by atoms with Gasteiger partial charge in [0.15, 0.2) is 12.7 Å². The molecule has 0 fully saturated rings. The van der Waals surface area contributed by atoms with Crippen LogP contribution in [0.4, 0.5) is 4.79 Å². The summed E-state index contributed by atoms with van der Waals surface area (Å²) in [4.78, 5) is 18.4. The molecule has 2 atom stereocenters. The molecule has 30 heavy (non-hydrogen) atoms. The number of amides is 1. The number of ether oxygens (including phenoxy) is 1. The Kier molecular flexibility index (Phi) is 5.84. The van der Waals surface area contributed by atoms with E-state index >= 15 is 0 Å². The molecule has 0 radical (unpaired) electrons. The van der Waals surface area contributed by atoms with Gasteiger partial charge < -0.3 is 19.3 Å². The molecule has 0 spiro atoms. The van der Waals surface area contributed by atoms with Gasteiger partial charge in [0.05, 0.1) is 12.0 Å². The Labute approximate surface area is 175 Å². The topological polar surface area (TPSA) is 73.1 Å². The third-order valence-corrected chi connectivity index (χ3v) is 5.29. The minimum absolute atomic E-state index is 0.0605. The molecule has 2 aromatic carbocycles. The summed E-state index contributed by atoms with van der Waals surface area (Å²) in [6.07, 6.45) is 1.97. The number of benzene rings is 2. The number of furan rings is 1. The second-order valence-electron chi connectivity index (χ2n) is 7.47. The van der Waals surface area contributed by atoms with Gasteiger partial charge in [-0.3, -0.25) is 0 Å². The van der Waals surface area contributed by atoms with Crippen molar-refractivity contribution in [3.8, 4) is 0 Å². The van der Waals surface area contributed by atoms with E-state index in [1.54, 1.807) is 18.4 Å². The molecule has 2 heterocycles. The molecule has 4 rings (SSSR count). The van der Waals surface area contributed by atoms with Gasteiger partial charge in [-0.15, -0.1) is 0 Å². The zero-order chi connectivity index (χ0) is 20.8. The molecule has 6 heteroatoms. The maximum atomic E-state index is 12.6. The van der Waals surface area contributed by atoms with Crippen LogP contribution in [0.2, 0.25) is 0 Å². The fourth-order valence-corrected chi connectivity index (χ4v) is 3.57. The Morgan fingerprint density at radius 1 is 1.10 bits per heavy atom. The highest BCUT2D eigenvalue weighted by molar-refractivity contribution is 5.87. The minimum Gasteiger partial charge on any atom is -0.466 e. The van der Waals surface area contributed by atoms with Crippen LogP contribution < -0.4 is 5.32 Å². The summed E-state index contributed by atoms with van der Waals surface area (Å²) in [7, 11) is 0. The van der Waals surface area contributed by atoms with Crippen molar-refractivity contribution in [2.75, 3.05) is 0 Å². The summed E-state index contributed by atoms with van der Waals surface area (Å²) in [5.41, 5.74) is 2.22. The highest BCUT2D eigenvalue weighted by atomic mass is 16.6. The third-order valence-electron chi connectivity index (χ3n) is 5.29. The lowest BCUT2D eigenvalue weighted by atomic mass is 9.83. The van der Waals surface area contributed by atoms with Crippen molar-refractivity contribution in [2.24, 2.45) is 5.16 Å². The Morgan fingerprint density at radius 2 is 1.83 bits per heavy atom. The first-order valence-electron chi connectivity index (χ1n) is 9.92. The van der Waals surface area contributed by atoms with Crippen molar-refractivity contribution < 1.29 is 18.8 Å². The average molecular weight is 404 g/mol. The maximum absolute atomic E-state index is 12.6. The second-order valence-corrected chi connectivity index (χ2v) is 7.47. The predicted molar refractivity (Wildman–Crippen MR) is 113 cm³/mol. The lowest BCUT2D eigenvalue weighted by Gasteiger charge is -2.34. The first kappa shape index (κ1) is 19.8. The van der Waals surface area contributed by atoms with Crippen molar-refractivity contribution in [2.45, 2.75) is 38.0 Å². The number of nitrogens with one attached hydrogen (secondary N) is 1. The van der Waals surface area contributed by atoms with Crippen molar-refractivity contribution in [1.82, 2.24) is 5.32 Å². The van der Waals surface area contributed by atoms with E-state index in [0.29, 0.717) is 18.6 Å². The van der Waals surface area contributed by atoms with E-state index in [1.807, 2.05) is 55.5 Å². The monoisotopic (exact) mass is 404 g/mol. The molecule has 0 saturated heterocycles. The van der Waals surface area contributed by atoms with Crippen LogP contribution in [-0.4, -0.2) is 17.9 Å². The lowest BCUT2D eigenvalue weighted by molar-refractivity contribution is 0.0108. The van der Waals surface area contributed by atoms with E-state index in [-0.39, 0.29) is 12.7 Å². The Bertz CT molecular complexity index is 987. The minimum atomic E-state index is -0.816. The standard InChI is InChI=1S/C24H24N2O4/c1-24(19-11-6-3-7-12-19,25-23(27)29-17-21-13-8-14-28-21)22-16-20(26-30-22)15-18-9-4-2-5-10-18/h2-14,22H,15-17H2,1H3,(H,25,27). The number of alkyl carbamates (subject to hydrolysis) is 1. The molecule has 0 bridgehead atoms. The molecular formula is C24H24N2O4. The summed E-state index contributed by atoms with van der Waals surface area (Å²) < 4.78 is 10.6. The van der Waals surface area contributed by atoms with Gasteiger partial charge in [-0.1, -0.05) is 65.8 Å². The van der Waals surface area contributed by atoms with Gasteiger partial charge in [0.2, 0.25) is 0 Å². The fourth-order valence-electron chi connectivity index (χ4n) is 3.57. The molecule has 3 aromatic rings. The van der Waals surface area contributed by atoms with Gasteiger partial charge >= 0.3 is 6.09 Å². The summed E-state index contributed by atoms with van der Waals surface area (Å²) in [6, 6.07) is 23.4. The van der Waals surface area contributed by atoms with Crippen LogP contribution in [0.25, 0.3) is 0 Å². The molecule has 0 saturated carbocycles. The van der Waals surface area contributed by atoms with Crippen molar-refractivity contribution >= 4 is 11.8 Å². The number of carbonyl (C=O) groups excluding carboxylic acids is 1. The first-order chi connectivity index (χ1) is 14.6. The molecule has 1 aromatic heterocycles. The van der Waals surface area contributed by atoms with E-state index in [4.69, 9.17) is 14.0 Å². The first-order valence-corrected chi connectivity index (χ1v) is 9.92. The molecule has 0 aliphatic carbocycles. The molecule has 1 aliphatic rings. The van der Waals surface area contributed by atoms with Crippen LogP contribution >= 0.6 is 0 Å². The fraction of sp³-hybridized carbons (Fsp3) is 0.250. The molecule has 1 N–H and O–H groups in total. The zero-order valence-corrected chi connectivity index (χ0v) is 16.8. The third kappa shape index (κ3) is 4.54. The quantitative estimate of drug-likeness (QED) is 0.613. The number of nitrogens with zero attached hydrogens (tertiary/aromatic N) is 1. The number of hydrogen-bond acceptors (Lipinski definition) is 5. The normalized spacial score (nSPS) is 17.5. The van der Waals surface area contributed by atoms with Crippen LogP contribution in [0.15, 0.2) is 88.6 Å². The van der Waals surface area contributed by atoms with Gasteiger partial charge in [0, 0.05) is 12.8 Å². The Morgan fingerprint density at radius 3 is 2.53 bits per heavy atom. The molecule has 1 aliphatic heterocycles. The summed E-state index contributed by atoms with van der Waals surface area (Å²) in [5.74, 6) is 0.581. The Hall–Kier alpha value is -3.54. The van der Waals surface area contributed by atoms with E-state index in [0.717, 1.165) is 11.3 Å². The predicted octanol–water partition coefficient (Wildman–Crippen LogP) is 4.81.